The highest BCUT2D eigenvalue weighted by Gasteiger charge is 2.36. The van der Waals surface area contributed by atoms with Gasteiger partial charge in [0.15, 0.2) is 0 Å². The number of hydrogen-bond acceptors (Lipinski definition) is 6. The highest BCUT2D eigenvalue weighted by molar-refractivity contribution is 5.76. The van der Waals surface area contributed by atoms with Gasteiger partial charge < -0.3 is 18.8 Å². The Bertz CT molecular complexity index is 988. The van der Waals surface area contributed by atoms with Crippen LogP contribution in [0.15, 0.2) is 29.6 Å². The molecule has 1 amide bonds. The average molecular weight is 427 g/mol. The number of rotatable bonds is 5. The van der Waals surface area contributed by atoms with Crippen molar-refractivity contribution in [1.82, 2.24) is 29.1 Å². The second kappa shape index (κ2) is 8.55. The van der Waals surface area contributed by atoms with E-state index in [0.29, 0.717) is 38.5 Å². The van der Waals surface area contributed by atoms with Gasteiger partial charge in [-0.05, 0) is 25.3 Å². The number of nitrogens with zero attached hydrogens (tertiary/aromatic N) is 6. The van der Waals surface area contributed by atoms with Gasteiger partial charge in [0.25, 0.3) is 5.56 Å². The first-order valence-electron chi connectivity index (χ1n) is 11.2. The van der Waals surface area contributed by atoms with Crippen LogP contribution < -0.4 is 5.56 Å². The van der Waals surface area contributed by atoms with Gasteiger partial charge in [-0.2, -0.15) is 0 Å². The molecule has 2 bridgehead atoms. The smallest absolute Gasteiger partial charge is 0.255 e. The summed E-state index contributed by atoms with van der Waals surface area (Å²) < 4.78 is 9.43. The van der Waals surface area contributed by atoms with Crippen molar-refractivity contribution in [1.29, 1.82) is 0 Å². The van der Waals surface area contributed by atoms with Gasteiger partial charge >= 0.3 is 0 Å². The van der Waals surface area contributed by atoms with Crippen molar-refractivity contribution in [2.45, 2.75) is 51.4 Å². The number of fused-ring (bicyclic) bond motifs is 4. The molecule has 0 aliphatic carbocycles. The largest absolute Gasteiger partial charge is 0.376 e. The predicted molar refractivity (Wildman–Crippen MR) is 113 cm³/mol. The minimum Gasteiger partial charge on any atom is -0.376 e. The zero-order valence-corrected chi connectivity index (χ0v) is 18.0. The van der Waals surface area contributed by atoms with E-state index >= 15 is 0 Å². The number of aromatic nitrogens is 4. The van der Waals surface area contributed by atoms with E-state index in [0.717, 1.165) is 43.9 Å². The van der Waals surface area contributed by atoms with Gasteiger partial charge in [-0.25, -0.2) is 0 Å². The highest BCUT2D eigenvalue weighted by Crippen LogP contribution is 2.35. The molecule has 0 unspecified atom stereocenters. The maximum atomic E-state index is 13.3. The van der Waals surface area contributed by atoms with Crippen LogP contribution in [-0.2, 0) is 29.2 Å². The summed E-state index contributed by atoms with van der Waals surface area (Å²) in [6.45, 7) is 7.92. The summed E-state index contributed by atoms with van der Waals surface area (Å²) in [6.07, 6.45) is 4.98. The normalized spacial score (nSPS) is 26.0. The minimum absolute atomic E-state index is 0.138. The second-order valence-electron chi connectivity index (χ2n) is 9.16. The van der Waals surface area contributed by atoms with Gasteiger partial charge in [0.1, 0.15) is 12.7 Å². The van der Waals surface area contributed by atoms with Crippen molar-refractivity contribution in [3.8, 4) is 0 Å². The Labute approximate surface area is 181 Å². The summed E-state index contributed by atoms with van der Waals surface area (Å²) in [4.78, 5) is 30.3. The quantitative estimate of drug-likeness (QED) is 0.700. The molecule has 31 heavy (non-hydrogen) atoms. The average Bonchev–Trinajstić information content (AvgIpc) is 3.28. The van der Waals surface area contributed by atoms with Gasteiger partial charge in [0, 0.05) is 69.4 Å². The zero-order chi connectivity index (χ0) is 21.4. The van der Waals surface area contributed by atoms with E-state index in [1.165, 1.54) is 0 Å². The van der Waals surface area contributed by atoms with Crippen molar-refractivity contribution in [3.63, 3.8) is 0 Å². The number of likely N-dealkylation sites (tertiary alicyclic amines) is 1. The summed E-state index contributed by atoms with van der Waals surface area (Å²) in [7, 11) is 0. The first-order chi connectivity index (χ1) is 15.1. The van der Waals surface area contributed by atoms with Gasteiger partial charge in [-0.15, -0.1) is 10.2 Å². The van der Waals surface area contributed by atoms with Crippen LogP contribution >= 0.6 is 0 Å². The molecule has 3 aliphatic heterocycles. The SMILES string of the molecule is C[C@H]1CN(Cc2ccc3n(c2=O)C[C@H]2C[C@@H]3CN(C(=O)CCn3cnnc3)C2)CCO1. The molecule has 2 aromatic heterocycles. The van der Waals surface area contributed by atoms with E-state index in [1.54, 1.807) is 12.7 Å². The number of carbonyl (C=O) groups excluding carboxylic acids is 1. The van der Waals surface area contributed by atoms with Crippen LogP contribution in [0.1, 0.15) is 36.9 Å². The first kappa shape index (κ1) is 20.4. The van der Waals surface area contributed by atoms with Gasteiger partial charge in [0.2, 0.25) is 5.91 Å². The van der Waals surface area contributed by atoms with E-state index < -0.39 is 0 Å². The third kappa shape index (κ3) is 4.29. The number of aryl methyl sites for hydroxylation is 1. The highest BCUT2D eigenvalue weighted by atomic mass is 16.5. The topological polar surface area (TPSA) is 85.5 Å². The molecular weight excluding hydrogens is 396 g/mol. The van der Waals surface area contributed by atoms with Crippen molar-refractivity contribution in [2.24, 2.45) is 5.92 Å². The van der Waals surface area contributed by atoms with E-state index in [-0.39, 0.29) is 23.5 Å². The summed E-state index contributed by atoms with van der Waals surface area (Å²) in [5.41, 5.74) is 2.08. The standard InChI is InChI=1S/C22H30N6O3/c1-16-9-25(6-7-31-16)12-18-2-3-20-19-8-17(11-28(20)22(18)30)10-27(13-19)21(29)4-5-26-14-23-24-15-26/h2-3,14-17,19H,4-13H2,1H3/t16-,17-,19+/m0/s1. The number of piperidine rings is 1. The summed E-state index contributed by atoms with van der Waals surface area (Å²) >= 11 is 0. The molecule has 9 heteroatoms. The third-order valence-corrected chi connectivity index (χ3v) is 6.81. The Balaban J connectivity index is 1.28. The molecule has 5 heterocycles. The van der Waals surface area contributed by atoms with Gasteiger partial charge in [-0.1, -0.05) is 6.07 Å². The van der Waals surface area contributed by atoms with Crippen LogP contribution in [0.5, 0.6) is 0 Å². The van der Waals surface area contributed by atoms with Crippen LogP contribution in [0.2, 0.25) is 0 Å². The molecule has 0 aromatic carbocycles. The fourth-order valence-electron chi connectivity index (χ4n) is 5.31. The van der Waals surface area contributed by atoms with Gasteiger partial charge in [0.05, 0.1) is 12.7 Å². The fraction of sp³-hybridized carbons (Fsp3) is 0.636. The van der Waals surface area contributed by atoms with E-state index in [9.17, 15) is 9.59 Å². The maximum absolute atomic E-state index is 13.3. The number of amides is 1. The summed E-state index contributed by atoms with van der Waals surface area (Å²) in [5, 5.41) is 7.57. The van der Waals surface area contributed by atoms with E-state index in [4.69, 9.17) is 4.74 Å². The molecule has 2 aromatic rings. The van der Waals surface area contributed by atoms with Crippen molar-refractivity contribution in [3.05, 3.63) is 46.4 Å². The van der Waals surface area contributed by atoms with Crippen LogP contribution in [-0.4, -0.2) is 73.9 Å². The van der Waals surface area contributed by atoms with Crippen LogP contribution in [0, 0.1) is 5.92 Å². The van der Waals surface area contributed by atoms with E-state index in [1.807, 2.05) is 20.1 Å². The number of carbonyl (C=O) groups is 1. The molecule has 5 rings (SSSR count). The number of ether oxygens (including phenoxy) is 1. The molecule has 166 valence electrons. The number of pyridine rings is 1. The lowest BCUT2D eigenvalue weighted by molar-refractivity contribution is -0.134. The molecule has 3 aliphatic rings. The fourth-order valence-corrected chi connectivity index (χ4v) is 5.31. The molecule has 0 radical (unpaired) electrons. The Morgan fingerprint density at radius 1 is 1.16 bits per heavy atom. The lowest BCUT2D eigenvalue weighted by atomic mass is 9.83. The number of hydrogen-bond donors (Lipinski definition) is 0. The van der Waals surface area contributed by atoms with Crippen LogP contribution in [0.25, 0.3) is 0 Å². The third-order valence-electron chi connectivity index (χ3n) is 6.81. The first-order valence-corrected chi connectivity index (χ1v) is 11.2. The monoisotopic (exact) mass is 426 g/mol. The van der Waals surface area contributed by atoms with Crippen LogP contribution in [0.4, 0.5) is 0 Å². The lowest BCUT2D eigenvalue weighted by Crippen LogP contribution is -2.50. The summed E-state index contributed by atoms with van der Waals surface area (Å²) in [5.74, 6) is 0.732. The van der Waals surface area contributed by atoms with Crippen molar-refractivity contribution in [2.75, 3.05) is 32.8 Å². The summed E-state index contributed by atoms with van der Waals surface area (Å²) in [6, 6.07) is 4.12. The molecule has 2 saturated heterocycles. The molecule has 0 saturated carbocycles. The molecule has 0 N–H and O–H groups in total. The van der Waals surface area contributed by atoms with Gasteiger partial charge in [-0.3, -0.25) is 14.5 Å². The Kier molecular flexibility index (Phi) is 5.62. The molecular formula is C22H30N6O3. The maximum Gasteiger partial charge on any atom is 0.255 e. The Hall–Kier alpha value is -2.52. The van der Waals surface area contributed by atoms with Crippen molar-refractivity contribution < 1.29 is 9.53 Å². The second-order valence-corrected chi connectivity index (χ2v) is 9.16. The molecule has 0 spiro atoms. The molecule has 3 atom stereocenters. The lowest BCUT2D eigenvalue weighted by Gasteiger charge is -2.43. The van der Waals surface area contributed by atoms with Crippen LogP contribution in [0.3, 0.4) is 0 Å². The molecule has 9 nitrogen and oxygen atoms in total. The molecule has 2 fully saturated rings. The van der Waals surface area contributed by atoms with E-state index in [2.05, 4.69) is 28.1 Å². The van der Waals surface area contributed by atoms with Crippen molar-refractivity contribution >= 4 is 5.91 Å². The Morgan fingerprint density at radius 3 is 2.81 bits per heavy atom. The number of morpholine rings is 1. The Morgan fingerprint density at radius 2 is 2.00 bits per heavy atom. The predicted octanol–water partition coefficient (Wildman–Crippen LogP) is 0.697. The zero-order valence-electron chi connectivity index (χ0n) is 18.0. The minimum atomic E-state index is 0.138.